The van der Waals surface area contributed by atoms with Crippen LogP contribution in [0.2, 0.25) is 0 Å². The van der Waals surface area contributed by atoms with E-state index in [2.05, 4.69) is 41.3 Å². The number of rotatable bonds is 8. The summed E-state index contributed by atoms with van der Waals surface area (Å²) in [6.07, 6.45) is 8.41. The van der Waals surface area contributed by atoms with Crippen LogP contribution in [0.15, 0.2) is 40.3 Å². The van der Waals surface area contributed by atoms with E-state index >= 15 is 0 Å². The van der Waals surface area contributed by atoms with Gasteiger partial charge in [0.2, 0.25) is 0 Å². The minimum atomic E-state index is -3.54. The van der Waals surface area contributed by atoms with Gasteiger partial charge < -0.3 is 10.2 Å². The van der Waals surface area contributed by atoms with Crippen LogP contribution in [-0.2, 0) is 20.0 Å². The first-order valence-corrected chi connectivity index (χ1v) is 18.4. The van der Waals surface area contributed by atoms with Gasteiger partial charge in [-0.1, -0.05) is 25.7 Å². The standard InChI is InChI=1S/C12H16BrNO3S2.C11H16BrNO3S2/c13-10-3-4-11(18-10)19(16,17)14-12(7-15)6-8-1-2-9(12)5-8;12-9-4-5-10(17-9)18(15,16)13-11(8-14)6-2-1-3-7-11/h3-4,8-9,14-15H,1-2,5-7H2;4-5,13-14H,1-3,6-8H2. The number of fused-ring (bicyclic) bond motifs is 2. The molecule has 2 aromatic rings. The third kappa shape index (κ3) is 6.88. The lowest BCUT2D eigenvalue weighted by atomic mass is 9.82. The van der Waals surface area contributed by atoms with E-state index in [1.54, 1.807) is 24.3 Å². The maximum Gasteiger partial charge on any atom is 0.250 e. The summed E-state index contributed by atoms with van der Waals surface area (Å²) in [6.45, 7) is -0.251. The first-order valence-electron chi connectivity index (χ1n) is 12.2. The van der Waals surface area contributed by atoms with Crippen LogP contribution >= 0.6 is 54.5 Å². The van der Waals surface area contributed by atoms with E-state index in [0.717, 1.165) is 46.1 Å². The Morgan fingerprint density at radius 3 is 1.81 bits per heavy atom. The van der Waals surface area contributed by atoms with Gasteiger partial charge in [0, 0.05) is 0 Å². The van der Waals surface area contributed by atoms with Gasteiger partial charge >= 0.3 is 0 Å². The maximum absolute atomic E-state index is 12.4. The van der Waals surface area contributed by atoms with E-state index in [0.29, 0.717) is 23.0 Å². The van der Waals surface area contributed by atoms with Crippen LogP contribution in [0, 0.1) is 11.8 Å². The molecule has 2 bridgehead atoms. The lowest BCUT2D eigenvalue weighted by molar-refractivity contribution is 0.127. The SMILES string of the molecule is O=S(=O)(NC1(CO)CC2CCC1C2)c1ccc(Br)s1.O=S(=O)(NC1(CO)CCCCC1)c1ccc(Br)s1. The first kappa shape index (κ1) is 30.1. The zero-order valence-electron chi connectivity index (χ0n) is 20.2. The van der Waals surface area contributed by atoms with Gasteiger partial charge in [-0.05, 0) is 100 Å². The molecule has 3 unspecified atom stereocenters. The van der Waals surface area contributed by atoms with Gasteiger partial charge in [-0.2, -0.15) is 0 Å². The molecule has 0 spiro atoms. The highest BCUT2D eigenvalue weighted by atomic mass is 79.9. The molecule has 0 aromatic carbocycles. The third-order valence-electron chi connectivity index (χ3n) is 7.69. The van der Waals surface area contributed by atoms with Gasteiger partial charge in [0.05, 0.1) is 31.9 Å². The molecule has 3 aliphatic rings. The number of hydrogen-bond acceptors (Lipinski definition) is 8. The second kappa shape index (κ2) is 11.9. The van der Waals surface area contributed by atoms with Crippen molar-refractivity contribution < 1.29 is 27.0 Å². The van der Waals surface area contributed by atoms with Gasteiger partial charge in [-0.3, -0.25) is 0 Å². The van der Waals surface area contributed by atoms with Crippen molar-refractivity contribution in [2.24, 2.45) is 11.8 Å². The Labute approximate surface area is 243 Å². The fourth-order valence-corrected chi connectivity index (χ4v) is 12.8. The number of halogens is 2. The van der Waals surface area contributed by atoms with E-state index in [1.165, 1.54) is 29.1 Å². The van der Waals surface area contributed by atoms with Crippen molar-refractivity contribution in [3.63, 3.8) is 0 Å². The van der Waals surface area contributed by atoms with Crippen molar-refractivity contribution in [3.05, 3.63) is 31.8 Å². The monoisotopic (exact) mass is 718 g/mol. The Bertz CT molecular complexity index is 1290. The summed E-state index contributed by atoms with van der Waals surface area (Å²) in [5.41, 5.74) is -1.31. The molecule has 2 heterocycles. The molecule has 0 radical (unpaired) electrons. The molecule has 3 saturated carbocycles. The lowest BCUT2D eigenvalue weighted by Crippen LogP contribution is -2.54. The minimum Gasteiger partial charge on any atom is -0.394 e. The highest BCUT2D eigenvalue weighted by Gasteiger charge is 2.52. The van der Waals surface area contributed by atoms with E-state index < -0.39 is 31.1 Å². The highest BCUT2D eigenvalue weighted by Crippen LogP contribution is 2.51. The molecule has 0 amide bonds. The van der Waals surface area contributed by atoms with Crippen LogP contribution < -0.4 is 9.44 Å². The topological polar surface area (TPSA) is 133 Å². The Hall–Kier alpha value is 0.1000. The summed E-state index contributed by atoms with van der Waals surface area (Å²) in [7, 11) is -7.07. The Morgan fingerprint density at radius 2 is 1.41 bits per heavy atom. The second-order valence-corrected chi connectivity index (χ2v) is 19.0. The summed E-state index contributed by atoms with van der Waals surface area (Å²) in [5, 5.41) is 19.2. The molecule has 3 aliphatic carbocycles. The fourth-order valence-electron chi connectivity index (χ4n) is 5.85. The summed E-state index contributed by atoms with van der Waals surface area (Å²) < 4.78 is 57.0. The van der Waals surface area contributed by atoms with Gasteiger partial charge in [0.1, 0.15) is 8.42 Å². The molecule has 0 aliphatic heterocycles. The summed E-state index contributed by atoms with van der Waals surface area (Å²) in [5.74, 6) is 0.843. The number of aliphatic hydroxyl groups excluding tert-OH is 2. The van der Waals surface area contributed by atoms with E-state index in [4.69, 9.17) is 0 Å². The van der Waals surface area contributed by atoms with E-state index in [-0.39, 0.29) is 23.3 Å². The van der Waals surface area contributed by atoms with Crippen molar-refractivity contribution in [2.75, 3.05) is 13.2 Å². The number of aliphatic hydroxyl groups is 2. The van der Waals surface area contributed by atoms with Crippen LogP contribution in [0.5, 0.6) is 0 Å². The van der Waals surface area contributed by atoms with Crippen LogP contribution in [0.25, 0.3) is 0 Å². The first-order chi connectivity index (χ1) is 17.4. The third-order valence-corrected chi connectivity index (χ3v) is 15.0. The van der Waals surface area contributed by atoms with Gasteiger partial charge in [-0.25, -0.2) is 26.3 Å². The predicted molar refractivity (Wildman–Crippen MR) is 153 cm³/mol. The largest absolute Gasteiger partial charge is 0.394 e. The van der Waals surface area contributed by atoms with Gasteiger partial charge in [0.25, 0.3) is 20.0 Å². The Balaban J connectivity index is 0.000000173. The van der Waals surface area contributed by atoms with Crippen molar-refractivity contribution in [2.45, 2.75) is 77.3 Å². The molecule has 2 aromatic heterocycles. The van der Waals surface area contributed by atoms with Crippen LogP contribution in [0.1, 0.15) is 57.8 Å². The number of thiophene rings is 2. The van der Waals surface area contributed by atoms with Crippen molar-refractivity contribution in [1.82, 2.24) is 9.44 Å². The molecular weight excluding hydrogens is 688 g/mol. The van der Waals surface area contributed by atoms with Gasteiger partial charge in [0.15, 0.2) is 0 Å². The molecule has 4 N–H and O–H groups in total. The second-order valence-electron chi connectivity index (χ2n) is 10.2. The fraction of sp³-hybridized carbons (Fsp3) is 0.652. The highest BCUT2D eigenvalue weighted by molar-refractivity contribution is 9.11. The average Bonchev–Trinajstić information content (AvgIpc) is 3.65. The van der Waals surface area contributed by atoms with E-state index in [9.17, 15) is 27.0 Å². The average molecular weight is 721 g/mol. The number of sulfonamides is 2. The molecule has 37 heavy (non-hydrogen) atoms. The summed E-state index contributed by atoms with van der Waals surface area (Å²) in [6, 6.07) is 6.61. The van der Waals surface area contributed by atoms with E-state index in [1.807, 2.05) is 0 Å². The molecular formula is C23H32Br2N2O6S4. The van der Waals surface area contributed by atoms with Crippen LogP contribution in [0.4, 0.5) is 0 Å². The zero-order chi connectivity index (χ0) is 26.9. The Kier molecular flexibility index (Phi) is 9.68. The number of hydrogen-bond donors (Lipinski definition) is 4. The maximum atomic E-state index is 12.4. The molecule has 14 heteroatoms. The van der Waals surface area contributed by atoms with Crippen molar-refractivity contribution in [3.8, 4) is 0 Å². The quantitative estimate of drug-likeness (QED) is 0.309. The summed E-state index contributed by atoms with van der Waals surface area (Å²) in [4.78, 5) is 0. The number of nitrogens with one attached hydrogen (secondary N) is 2. The minimum absolute atomic E-state index is 0.111. The Morgan fingerprint density at radius 1 is 0.838 bits per heavy atom. The van der Waals surface area contributed by atoms with Crippen LogP contribution in [-0.4, -0.2) is 51.3 Å². The normalized spacial score (nSPS) is 27.1. The van der Waals surface area contributed by atoms with Gasteiger partial charge in [-0.15, -0.1) is 22.7 Å². The lowest BCUT2D eigenvalue weighted by Gasteiger charge is -2.36. The van der Waals surface area contributed by atoms with Crippen molar-refractivity contribution >= 4 is 74.6 Å². The molecule has 208 valence electrons. The molecule has 8 nitrogen and oxygen atoms in total. The molecule has 5 rings (SSSR count). The predicted octanol–water partition coefficient (Wildman–Crippen LogP) is 4.82. The van der Waals surface area contributed by atoms with Crippen LogP contribution in [0.3, 0.4) is 0 Å². The molecule has 3 fully saturated rings. The smallest absolute Gasteiger partial charge is 0.250 e. The van der Waals surface area contributed by atoms with Crippen molar-refractivity contribution in [1.29, 1.82) is 0 Å². The zero-order valence-corrected chi connectivity index (χ0v) is 26.6. The molecule has 0 saturated heterocycles. The molecule has 3 atom stereocenters. The summed E-state index contributed by atoms with van der Waals surface area (Å²) >= 11 is 8.90.